The van der Waals surface area contributed by atoms with Crippen molar-refractivity contribution < 1.29 is 4.79 Å². The van der Waals surface area contributed by atoms with Crippen molar-refractivity contribution >= 4 is 40.0 Å². The predicted octanol–water partition coefficient (Wildman–Crippen LogP) is 4.83. The summed E-state index contributed by atoms with van der Waals surface area (Å²) < 4.78 is 1.12. The van der Waals surface area contributed by atoms with Crippen molar-refractivity contribution in [2.24, 2.45) is 0 Å². The topological polar surface area (TPSA) is 40.9 Å². The minimum absolute atomic E-state index is 0.0418. The lowest BCUT2D eigenvalue weighted by atomic mass is 9.75. The molecule has 0 aliphatic carbocycles. The SMILES string of the molecule is CC(CCCCCC#N)(C(=O)CCl)c1cccc(I)c1. The van der Waals surface area contributed by atoms with Crippen LogP contribution in [0, 0.1) is 14.9 Å². The van der Waals surface area contributed by atoms with Crippen LogP contribution in [0.5, 0.6) is 0 Å². The van der Waals surface area contributed by atoms with E-state index in [2.05, 4.69) is 34.7 Å². The van der Waals surface area contributed by atoms with E-state index in [0.717, 1.165) is 34.8 Å². The fourth-order valence-corrected chi connectivity index (χ4v) is 3.12. The van der Waals surface area contributed by atoms with E-state index >= 15 is 0 Å². The summed E-state index contributed by atoms with van der Waals surface area (Å²) in [6.45, 7) is 1.98. The van der Waals surface area contributed by atoms with Gasteiger partial charge in [-0.1, -0.05) is 25.0 Å². The lowest BCUT2D eigenvalue weighted by Gasteiger charge is -2.28. The maximum atomic E-state index is 12.3. The van der Waals surface area contributed by atoms with Gasteiger partial charge in [0.2, 0.25) is 0 Å². The maximum absolute atomic E-state index is 12.3. The highest BCUT2D eigenvalue weighted by molar-refractivity contribution is 14.1. The number of carbonyl (C=O) groups excluding carboxylic acids is 1. The minimum Gasteiger partial charge on any atom is -0.297 e. The Morgan fingerprint density at radius 3 is 2.75 bits per heavy atom. The monoisotopic (exact) mass is 403 g/mol. The van der Waals surface area contributed by atoms with Gasteiger partial charge in [0.15, 0.2) is 5.78 Å². The molecular weight excluding hydrogens is 385 g/mol. The second-order valence-corrected chi connectivity index (χ2v) is 6.63. The molecule has 2 nitrogen and oxygen atoms in total. The number of ketones is 1. The van der Waals surface area contributed by atoms with Gasteiger partial charge in [-0.2, -0.15) is 5.26 Å². The van der Waals surface area contributed by atoms with E-state index < -0.39 is 5.41 Å². The second kappa shape index (κ2) is 8.63. The molecule has 1 aromatic carbocycles. The first-order chi connectivity index (χ1) is 9.54. The molecule has 0 saturated carbocycles. The lowest BCUT2D eigenvalue weighted by molar-refractivity contribution is -0.121. The van der Waals surface area contributed by atoms with Crippen LogP contribution < -0.4 is 0 Å². The molecule has 0 amide bonds. The van der Waals surface area contributed by atoms with Gasteiger partial charge >= 0.3 is 0 Å². The van der Waals surface area contributed by atoms with Crippen LogP contribution in [0.25, 0.3) is 0 Å². The first-order valence-electron chi connectivity index (χ1n) is 6.77. The Kier molecular flexibility index (Phi) is 7.53. The van der Waals surface area contributed by atoms with Gasteiger partial charge in [-0.25, -0.2) is 0 Å². The standard InChI is InChI=1S/C16H19ClINO/c1-16(15(20)12-17,9-4-2-3-5-10-19)13-7-6-8-14(18)11-13/h6-8,11H,2-5,9,12H2,1H3. The lowest BCUT2D eigenvalue weighted by Crippen LogP contribution is -2.33. The molecule has 0 fully saturated rings. The molecule has 0 saturated heterocycles. The maximum Gasteiger partial charge on any atom is 0.157 e. The van der Waals surface area contributed by atoms with Gasteiger partial charge in [-0.3, -0.25) is 4.79 Å². The van der Waals surface area contributed by atoms with Gasteiger partial charge in [0.1, 0.15) is 0 Å². The first-order valence-corrected chi connectivity index (χ1v) is 8.38. The van der Waals surface area contributed by atoms with Crippen LogP contribution in [0.1, 0.15) is 44.6 Å². The Hall–Kier alpha value is -0.600. The molecule has 0 spiro atoms. The van der Waals surface area contributed by atoms with Gasteiger partial charge in [0.05, 0.1) is 17.4 Å². The largest absolute Gasteiger partial charge is 0.297 e. The van der Waals surface area contributed by atoms with Crippen LogP contribution in [0.4, 0.5) is 0 Å². The van der Waals surface area contributed by atoms with Crippen molar-refractivity contribution in [3.8, 4) is 6.07 Å². The van der Waals surface area contributed by atoms with E-state index in [4.69, 9.17) is 16.9 Å². The molecule has 1 rings (SSSR count). The van der Waals surface area contributed by atoms with Crippen LogP contribution in [0.3, 0.4) is 0 Å². The van der Waals surface area contributed by atoms with Crippen LogP contribution in [-0.2, 0) is 10.2 Å². The Morgan fingerprint density at radius 2 is 2.15 bits per heavy atom. The molecule has 1 unspecified atom stereocenters. The molecule has 1 atom stereocenters. The third-order valence-electron chi connectivity index (χ3n) is 3.66. The Bertz CT molecular complexity index is 497. The smallest absolute Gasteiger partial charge is 0.157 e. The summed E-state index contributed by atoms with van der Waals surface area (Å²) in [4.78, 5) is 12.3. The number of rotatable bonds is 8. The van der Waals surface area contributed by atoms with E-state index in [1.807, 2.05) is 25.1 Å². The molecule has 0 aliphatic heterocycles. The van der Waals surface area contributed by atoms with Crippen molar-refractivity contribution in [3.63, 3.8) is 0 Å². The van der Waals surface area contributed by atoms with Crippen molar-refractivity contribution in [1.29, 1.82) is 5.26 Å². The fourth-order valence-electron chi connectivity index (χ4n) is 2.28. The zero-order chi connectivity index (χ0) is 15.0. The zero-order valence-corrected chi connectivity index (χ0v) is 14.6. The van der Waals surface area contributed by atoms with Gasteiger partial charge in [-0.15, -0.1) is 11.6 Å². The third kappa shape index (κ3) is 4.75. The number of nitriles is 1. The molecule has 1 aromatic rings. The Balaban J connectivity index is 2.82. The van der Waals surface area contributed by atoms with E-state index in [9.17, 15) is 4.79 Å². The molecule has 0 aromatic heterocycles. The summed E-state index contributed by atoms with van der Waals surface area (Å²) in [7, 11) is 0. The highest BCUT2D eigenvalue weighted by Crippen LogP contribution is 2.32. The molecule has 0 aliphatic rings. The van der Waals surface area contributed by atoms with Crippen molar-refractivity contribution in [3.05, 3.63) is 33.4 Å². The summed E-state index contributed by atoms with van der Waals surface area (Å²) in [5.41, 5.74) is 0.519. The van der Waals surface area contributed by atoms with Gasteiger partial charge in [0, 0.05) is 9.99 Å². The van der Waals surface area contributed by atoms with Gasteiger partial charge in [-0.05, 0) is 60.1 Å². The number of carbonyl (C=O) groups is 1. The fraction of sp³-hybridized carbons (Fsp3) is 0.500. The molecule has 0 bridgehead atoms. The van der Waals surface area contributed by atoms with E-state index in [-0.39, 0.29) is 11.7 Å². The number of Topliss-reactive ketones (excluding diaryl/α,β-unsaturated/α-hetero) is 1. The minimum atomic E-state index is -0.518. The molecule has 4 heteroatoms. The van der Waals surface area contributed by atoms with Gasteiger partial charge in [0.25, 0.3) is 0 Å². The number of alkyl halides is 1. The number of hydrogen-bond acceptors (Lipinski definition) is 2. The average Bonchev–Trinajstić information content (AvgIpc) is 2.46. The van der Waals surface area contributed by atoms with E-state index in [0.29, 0.717) is 6.42 Å². The van der Waals surface area contributed by atoms with Crippen molar-refractivity contribution in [1.82, 2.24) is 0 Å². The molecule has 0 heterocycles. The van der Waals surface area contributed by atoms with E-state index in [1.54, 1.807) is 0 Å². The van der Waals surface area contributed by atoms with E-state index in [1.165, 1.54) is 0 Å². The normalized spacial score (nSPS) is 13.5. The molecule has 0 radical (unpaired) electrons. The number of unbranched alkanes of at least 4 members (excludes halogenated alkanes) is 3. The Morgan fingerprint density at radius 1 is 1.40 bits per heavy atom. The van der Waals surface area contributed by atoms with Crippen molar-refractivity contribution in [2.75, 3.05) is 5.88 Å². The summed E-state index contributed by atoms with van der Waals surface area (Å²) in [6.07, 6.45) is 4.18. The first kappa shape index (κ1) is 17.5. The zero-order valence-electron chi connectivity index (χ0n) is 11.7. The van der Waals surface area contributed by atoms with Gasteiger partial charge < -0.3 is 0 Å². The number of halogens is 2. The van der Waals surface area contributed by atoms with Crippen LogP contribution >= 0.6 is 34.2 Å². The Labute approximate surface area is 139 Å². The highest BCUT2D eigenvalue weighted by atomic mass is 127. The molecule has 108 valence electrons. The summed E-state index contributed by atoms with van der Waals surface area (Å²) in [5.74, 6) is 0.113. The van der Waals surface area contributed by atoms with Crippen molar-refractivity contribution in [2.45, 2.75) is 44.4 Å². The summed E-state index contributed by atoms with van der Waals surface area (Å²) in [5, 5.41) is 8.54. The molecular formula is C16H19ClINO. The second-order valence-electron chi connectivity index (χ2n) is 5.12. The molecule has 20 heavy (non-hydrogen) atoms. The van der Waals surface area contributed by atoms with Crippen LogP contribution in [0.15, 0.2) is 24.3 Å². The third-order valence-corrected chi connectivity index (χ3v) is 4.58. The summed E-state index contributed by atoms with van der Waals surface area (Å²) >= 11 is 8.05. The molecule has 0 N–H and O–H groups in total. The predicted molar refractivity (Wildman–Crippen MR) is 90.9 cm³/mol. The van der Waals surface area contributed by atoms with Crippen LogP contribution in [-0.4, -0.2) is 11.7 Å². The average molecular weight is 404 g/mol. The summed E-state index contributed by atoms with van der Waals surface area (Å²) in [6, 6.07) is 10.2. The number of benzene rings is 1. The number of hydrogen-bond donors (Lipinski definition) is 0. The number of nitrogens with zero attached hydrogens (tertiary/aromatic N) is 1. The highest BCUT2D eigenvalue weighted by Gasteiger charge is 2.33. The quantitative estimate of drug-likeness (QED) is 0.354. The van der Waals surface area contributed by atoms with Crippen LogP contribution in [0.2, 0.25) is 0 Å².